The molecule has 0 aromatic carbocycles. The average Bonchev–Trinajstić information content (AvgIpc) is 3.26. The van der Waals surface area contributed by atoms with Gasteiger partial charge in [0.25, 0.3) is 0 Å². The van der Waals surface area contributed by atoms with E-state index >= 15 is 0 Å². The fraction of sp³-hybridized carbons (Fsp3) is 0.647. The Balaban J connectivity index is 1.84. The van der Waals surface area contributed by atoms with Crippen molar-refractivity contribution >= 4 is 39.2 Å². The van der Waals surface area contributed by atoms with Gasteiger partial charge in [-0.3, -0.25) is 4.99 Å². The molecule has 0 aromatic heterocycles. The first-order chi connectivity index (χ1) is 10.6. The number of esters is 1. The number of halogens is 2. The SMILES string of the molecule is COC(=O)[C@H]1N=C1/C=C\CCCCCCCCC/C=C(/Cl)Br. The first-order valence-electron chi connectivity index (χ1n) is 7.98. The Kier molecular flexibility index (Phi) is 10.5. The van der Waals surface area contributed by atoms with Crippen LogP contribution in [0.15, 0.2) is 27.2 Å². The van der Waals surface area contributed by atoms with Crippen LogP contribution in [0.1, 0.15) is 57.8 Å². The number of methoxy groups -OCH3 is 1. The molecule has 1 atom stereocenters. The number of unbranched alkanes of at least 4 members (excludes halogenated alkanes) is 8. The van der Waals surface area contributed by atoms with E-state index in [2.05, 4.69) is 31.7 Å². The molecule has 0 fully saturated rings. The van der Waals surface area contributed by atoms with E-state index in [4.69, 9.17) is 11.6 Å². The van der Waals surface area contributed by atoms with E-state index in [1.165, 1.54) is 52.1 Å². The summed E-state index contributed by atoms with van der Waals surface area (Å²) in [4.78, 5) is 15.2. The van der Waals surface area contributed by atoms with E-state index in [9.17, 15) is 4.79 Å². The predicted molar refractivity (Wildman–Crippen MR) is 96.8 cm³/mol. The minimum Gasteiger partial charge on any atom is -0.467 e. The van der Waals surface area contributed by atoms with Crippen LogP contribution in [0, 0.1) is 0 Å². The Bertz CT molecular complexity index is 428. The summed E-state index contributed by atoms with van der Waals surface area (Å²) in [5.41, 5.74) is 0.851. The van der Waals surface area contributed by atoms with Crippen LogP contribution in [0.5, 0.6) is 0 Å². The van der Waals surface area contributed by atoms with E-state index in [0.29, 0.717) is 0 Å². The molecule has 22 heavy (non-hydrogen) atoms. The minimum atomic E-state index is -0.324. The van der Waals surface area contributed by atoms with Crippen LogP contribution < -0.4 is 0 Å². The molecule has 1 heterocycles. The van der Waals surface area contributed by atoms with Gasteiger partial charge in [0.1, 0.15) is 0 Å². The summed E-state index contributed by atoms with van der Waals surface area (Å²) >= 11 is 8.91. The highest BCUT2D eigenvalue weighted by molar-refractivity contribution is 9.12. The van der Waals surface area contributed by atoms with Crippen LogP contribution in [-0.2, 0) is 9.53 Å². The Labute approximate surface area is 147 Å². The Hall–Kier alpha value is -0.610. The molecule has 1 aliphatic rings. The number of nitrogens with zero attached hydrogens (tertiary/aromatic N) is 1. The van der Waals surface area contributed by atoms with Crippen LogP contribution in [0.2, 0.25) is 0 Å². The van der Waals surface area contributed by atoms with Crippen molar-refractivity contribution in [3.63, 3.8) is 0 Å². The number of carbonyl (C=O) groups excluding carboxylic acids is 1. The molecule has 0 aromatic rings. The lowest BCUT2D eigenvalue weighted by Gasteiger charge is -2.00. The van der Waals surface area contributed by atoms with Crippen molar-refractivity contribution in [3.8, 4) is 0 Å². The quantitative estimate of drug-likeness (QED) is 0.325. The summed E-state index contributed by atoms with van der Waals surface area (Å²) in [6.45, 7) is 0. The lowest BCUT2D eigenvalue weighted by molar-refractivity contribution is -0.139. The number of hydrogen-bond donors (Lipinski definition) is 0. The maximum Gasteiger partial charge on any atom is 0.336 e. The van der Waals surface area contributed by atoms with Crippen molar-refractivity contribution in [2.75, 3.05) is 7.11 Å². The predicted octanol–water partition coefficient (Wildman–Crippen LogP) is 5.52. The third-order valence-corrected chi connectivity index (χ3v) is 4.06. The summed E-state index contributed by atoms with van der Waals surface area (Å²) in [5.74, 6) is -0.256. The Morgan fingerprint density at radius 3 is 2.36 bits per heavy atom. The fourth-order valence-electron chi connectivity index (χ4n) is 2.24. The van der Waals surface area contributed by atoms with Crippen molar-refractivity contribution in [1.29, 1.82) is 0 Å². The second-order valence-electron chi connectivity index (χ2n) is 5.43. The summed E-state index contributed by atoms with van der Waals surface area (Å²) in [7, 11) is 1.39. The van der Waals surface area contributed by atoms with Gasteiger partial charge in [0.2, 0.25) is 0 Å². The van der Waals surface area contributed by atoms with Crippen LogP contribution >= 0.6 is 27.5 Å². The maximum atomic E-state index is 11.1. The molecule has 0 bridgehead atoms. The van der Waals surface area contributed by atoms with Gasteiger partial charge in [-0.15, -0.1) is 0 Å². The molecule has 0 amide bonds. The zero-order chi connectivity index (χ0) is 16.2. The second-order valence-corrected chi connectivity index (χ2v) is 7.15. The number of rotatable bonds is 12. The zero-order valence-electron chi connectivity index (χ0n) is 13.2. The summed E-state index contributed by atoms with van der Waals surface area (Å²) < 4.78 is 5.34. The molecule has 0 spiro atoms. The van der Waals surface area contributed by atoms with E-state index in [1.807, 2.05) is 12.2 Å². The van der Waals surface area contributed by atoms with E-state index in [0.717, 1.165) is 22.5 Å². The van der Waals surface area contributed by atoms with Gasteiger partial charge in [0, 0.05) is 0 Å². The number of carbonyl (C=O) groups is 1. The smallest absolute Gasteiger partial charge is 0.336 e. The highest BCUT2D eigenvalue weighted by Crippen LogP contribution is 2.16. The third kappa shape index (κ3) is 9.42. The van der Waals surface area contributed by atoms with Crippen LogP contribution in [0.3, 0.4) is 0 Å². The van der Waals surface area contributed by atoms with E-state index < -0.39 is 0 Å². The van der Waals surface area contributed by atoms with Gasteiger partial charge >= 0.3 is 5.97 Å². The summed E-state index contributed by atoms with van der Waals surface area (Å²) in [6, 6.07) is -0.324. The largest absolute Gasteiger partial charge is 0.467 e. The number of hydrogen-bond acceptors (Lipinski definition) is 3. The molecule has 0 saturated carbocycles. The third-order valence-electron chi connectivity index (χ3n) is 3.58. The van der Waals surface area contributed by atoms with Crippen molar-refractivity contribution in [1.82, 2.24) is 0 Å². The van der Waals surface area contributed by atoms with E-state index in [1.54, 1.807) is 0 Å². The van der Waals surface area contributed by atoms with Gasteiger partial charge < -0.3 is 4.74 Å². The lowest BCUT2D eigenvalue weighted by atomic mass is 10.1. The molecule has 3 nitrogen and oxygen atoms in total. The molecule has 1 aliphatic heterocycles. The van der Waals surface area contributed by atoms with Crippen LogP contribution in [0.4, 0.5) is 0 Å². The molecule has 0 N–H and O–H groups in total. The first-order valence-corrected chi connectivity index (χ1v) is 9.15. The number of ether oxygens (including phenoxy) is 1. The van der Waals surface area contributed by atoms with Gasteiger partial charge in [-0.25, -0.2) is 4.79 Å². The molecule has 1 rings (SSSR count). The fourth-order valence-corrected chi connectivity index (χ4v) is 2.57. The highest BCUT2D eigenvalue weighted by atomic mass is 79.9. The van der Waals surface area contributed by atoms with Gasteiger partial charge in [0.05, 0.1) is 16.8 Å². The zero-order valence-corrected chi connectivity index (χ0v) is 15.5. The molecule has 0 unspecified atom stereocenters. The van der Waals surface area contributed by atoms with Crippen LogP contribution in [0.25, 0.3) is 0 Å². The Morgan fingerprint density at radius 1 is 1.18 bits per heavy atom. The molecule has 124 valence electrons. The Morgan fingerprint density at radius 2 is 1.77 bits per heavy atom. The maximum absolute atomic E-state index is 11.1. The molecule has 5 heteroatoms. The monoisotopic (exact) mass is 389 g/mol. The normalized spacial score (nSPS) is 17.7. The van der Waals surface area contributed by atoms with Crippen molar-refractivity contribution in [3.05, 3.63) is 22.2 Å². The number of aliphatic imine (C=N–C) groups is 1. The first kappa shape index (κ1) is 19.4. The highest BCUT2D eigenvalue weighted by Gasteiger charge is 2.33. The average molecular weight is 391 g/mol. The standard InChI is InChI=1S/C17H25BrClNO2/c1-22-17(21)16-14(20-16)12-10-8-6-4-2-3-5-7-9-11-13-15(18)19/h10,12-13,16H,2-9,11H2,1H3/b12-10-,15-13+/t16-/m0/s1. The van der Waals surface area contributed by atoms with Crippen LogP contribution in [-0.4, -0.2) is 24.8 Å². The van der Waals surface area contributed by atoms with Crippen molar-refractivity contribution in [2.45, 2.75) is 63.8 Å². The molecule has 0 aliphatic carbocycles. The molecular weight excluding hydrogens is 366 g/mol. The van der Waals surface area contributed by atoms with Crippen molar-refractivity contribution in [2.24, 2.45) is 4.99 Å². The van der Waals surface area contributed by atoms with E-state index in [-0.39, 0.29) is 12.0 Å². The van der Waals surface area contributed by atoms with Gasteiger partial charge in [0.15, 0.2) is 6.04 Å². The summed E-state index contributed by atoms with van der Waals surface area (Å²) in [5, 5.41) is 0. The summed E-state index contributed by atoms with van der Waals surface area (Å²) in [6.07, 6.45) is 17.1. The topological polar surface area (TPSA) is 38.7 Å². The van der Waals surface area contributed by atoms with Gasteiger partial charge in [-0.1, -0.05) is 55.9 Å². The lowest BCUT2D eigenvalue weighted by Crippen LogP contribution is -2.12. The minimum absolute atomic E-state index is 0.256. The second kappa shape index (κ2) is 11.9. The van der Waals surface area contributed by atoms with Gasteiger partial charge in [-0.2, -0.15) is 0 Å². The molecule has 0 radical (unpaired) electrons. The van der Waals surface area contributed by atoms with Crippen molar-refractivity contribution < 1.29 is 9.53 Å². The molecular formula is C17H25BrClNO2. The molecule has 0 saturated heterocycles. The number of allylic oxidation sites excluding steroid dienone is 2. The van der Waals surface area contributed by atoms with Gasteiger partial charge in [-0.05, 0) is 47.7 Å².